The van der Waals surface area contributed by atoms with E-state index in [0.717, 1.165) is 86.5 Å². The maximum Gasteiger partial charge on any atom is 0.293 e. The van der Waals surface area contributed by atoms with Gasteiger partial charge in [-0.25, -0.2) is 9.97 Å². The monoisotopic (exact) mass is 740 g/mol. The second-order valence-electron chi connectivity index (χ2n) is 15.8. The van der Waals surface area contributed by atoms with Crippen LogP contribution in [-0.2, 0) is 0 Å². The molecule has 3 aromatic heterocycles. The molecule has 14 heteroatoms. The number of piperidine rings is 1. The Bertz CT molecular complexity index is 1950. The van der Waals surface area contributed by atoms with Gasteiger partial charge >= 0.3 is 0 Å². The number of nitro benzene ring substituents is 1. The maximum absolute atomic E-state index is 13.7. The highest BCUT2D eigenvalue weighted by atomic mass is 32.2. The average molecular weight is 741 g/mol. The molecule has 0 bridgehead atoms. The molecule has 4 fully saturated rings. The summed E-state index contributed by atoms with van der Waals surface area (Å²) in [6.45, 7) is 6.77. The van der Waals surface area contributed by atoms with E-state index in [1.807, 2.05) is 31.3 Å². The number of pyridine rings is 2. The Hall–Kier alpha value is -4.40. The first-order valence-corrected chi connectivity index (χ1v) is 19.8. The van der Waals surface area contributed by atoms with E-state index in [1.54, 1.807) is 24.5 Å². The van der Waals surface area contributed by atoms with Crippen LogP contribution in [0.25, 0.3) is 11.0 Å². The minimum Gasteiger partial charge on any atom is -0.455 e. The number of nitro groups is 1. The average Bonchev–Trinajstić information content (AvgIpc) is 3.85. The lowest BCUT2D eigenvalue weighted by molar-refractivity contribution is -0.384. The van der Waals surface area contributed by atoms with Gasteiger partial charge in [0.2, 0.25) is 0 Å². The van der Waals surface area contributed by atoms with Crippen molar-refractivity contribution in [2.45, 2.75) is 87.7 Å². The minimum absolute atomic E-state index is 0.0634. The van der Waals surface area contributed by atoms with Crippen LogP contribution in [0.4, 0.5) is 17.2 Å². The number of nitrogens with zero attached hydrogens (tertiary/aromatic N) is 5. The van der Waals surface area contributed by atoms with Gasteiger partial charge in [0, 0.05) is 60.5 Å². The molecule has 0 atom stereocenters. The van der Waals surface area contributed by atoms with E-state index in [1.165, 1.54) is 44.8 Å². The Morgan fingerprint density at radius 1 is 1.06 bits per heavy atom. The van der Waals surface area contributed by atoms with Crippen molar-refractivity contribution in [2.75, 3.05) is 42.9 Å². The molecule has 2 saturated heterocycles. The number of likely N-dealkylation sites (tertiary alicyclic amines) is 1. The normalized spacial score (nSPS) is 23.2. The first kappa shape index (κ1) is 35.6. The molecular weight excluding hydrogens is 693 g/mol. The summed E-state index contributed by atoms with van der Waals surface area (Å²) in [4.78, 5) is 43.1. The zero-order valence-corrected chi connectivity index (χ0v) is 31.0. The lowest BCUT2D eigenvalue weighted by Gasteiger charge is -2.55. The Labute approximate surface area is 313 Å². The van der Waals surface area contributed by atoms with Gasteiger partial charge in [-0.05, 0) is 132 Å². The van der Waals surface area contributed by atoms with Crippen molar-refractivity contribution in [2.24, 2.45) is 11.3 Å². The fourth-order valence-corrected chi connectivity index (χ4v) is 9.30. The number of benzene rings is 1. The minimum atomic E-state index is -0.630. The van der Waals surface area contributed by atoms with E-state index in [0.29, 0.717) is 40.0 Å². The van der Waals surface area contributed by atoms with Crippen molar-refractivity contribution in [1.29, 1.82) is 0 Å². The van der Waals surface area contributed by atoms with Crippen LogP contribution in [0.5, 0.6) is 11.5 Å². The molecule has 1 spiro atoms. The van der Waals surface area contributed by atoms with Crippen LogP contribution in [0, 0.1) is 21.4 Å². The molecule has 0 radical (unpaired) electrons. The first-order chi connectivity index (χ1) is 25.6. The number of carbonyl (C=O) groups excluding carboxylic acids is 1. The number of aromatic nitrogens is 3. The number of H-pyrrole nitrogens is 1. The van der Waals surface area contributed by atoms with Crippen LogP contribution < -0.4 is 19.7 Å². The highest BCUT2D eigenvalue weighted by Gasteiger charge is 2.48. The van der Waals surface area contributed by atoms with Crippen LogP contribution in [-0.4, -0.2) is 80.2 Å². The molecule has 13 nitrogen and oxygen atoms in total. The molecule has 53 heavy (non-hydrogen) atoms. The van der Waals surface area contributed by atoms with Gasteiger partial charge in [-0.3, -0.25) is 19.6 Å². The van der Waals surface area contributed by atoms with Crippen molar-refractivity contribution in [3.05, 3.63) is 70.7 Å². The van der Waals surface area contributed by atoms with Crippen LogP contribution >= 0.6 is 11.9 Å². The summed E-state index contributed by atoms with van der Waals surface area (Å²) in [7, 11) is 0. The zero-order valence-electron chi connectivity index (χ0n) is 30.2. The molecule has 4 N–H and O–H groups in total. The first-order valence-electron chi connectivity index (χ1n) is 18.9. The topological polar surface area (TPSA) is 162 Å². The highest BCUT2D eigenvalue weighted by Crippen LogP contribution is 2.52. The smallest absolute Gasteiger partial charge is 0.293 e. The highest BCUT2D eigenvalue weighted by molar-refractivity contribution is 7.98. The number of rotatable bonds is 11. The van der Waals surface area contributed by atoms with E-state index in [-0.39, 0.29) is 11.3 Å². The summed E-state index contributed by atoms with van der Waals surface area (Å²) in [5.41, 5.74) is 1.15. The van der Waals surface area contributed by atoms with Crippen LogP contribution in [0.15, 0.2) is 59.9 Å². The number of ether oxygens (including phenoxy) is 1. The third-order valence-electron chi connectivity index (χ3n) is 12.0. The number of hydrogen-bond acceptors (Lipinski definition) is 11. The Kier molecular flexibility index (Phi) is 9.94. The van der Waals surface area contributed by atoms with E-state index >= 15 is 0 Å². The molecule has 8 rings (SSSR count). The number of fused-ring (bicyclic) bond motifs is 1. The SMILES string of the molecule is C[C@]1(O)CC[C@H](CNc2ccc(SNC(=O)c3cnc(N4CCC5(CC4)CC(N4CCCC4)C5)cc3Oc3cnc4[nH]ccc4c3)cc2[N+](=O)[O-])CC1. The third kappa shape index (κ3) is 7.95. The molecule has 1 aromatic carbocycles. The molecule has 0 unspecified atom stereocenters. The molecular formula is C39H48N8O5S. The standard InChI is InChI=1S/C39H48N8O5S/c1-38(49)9-6-26(7-10-38)23-41-32-5-4-30(19-33(32)47(50)51)53-44-37(48)31-25-42-35(20-34(31)52-29-18-27-8-13-40-36(27)43-24-29)46-16-11-39(12-17-46)21-28(22-39)45-14-2-3-15-45/h4-5,8,13,18-20,24-26,28,41,49H,2-3,6-7,9-12,14-17,21-23H2,1H3,(H,40,43)(H,44,48)/t26-,38-. The molecule has 4 aromatic rings. The van der Waals surface area contributed by atoms with E-state index in [4.69, 9.17) is 9.72 Å². The number of carbonyl (C=O) groups is 1. The molecule has 5 heterocycles. The van der Waals surface area contributed by atoms with Gasteiger partial charge in [0.25, 0.3) is 11.6 Å². The predicted molar refractivity (Wildman–Crippen MR) is 206 cm³/mol. The number of hydrogen-bond donors (Lipinski definition) is 4. The van der Waals surface area contributed by atoms with E-state index in [2.05, 4.69) is 29.8 Å². The zero-order chi connectivity index (χ0) is 36.6. The quantitative estimate of drug-likeness (QED) is 0.0694. The molecule has 2 aliphatic heterocycles. The van der Waals surface area contributed by atoms with E-state index in [9.17, 15) is 20.0 Å². The molecule has 280 valence electrons. The lowest BCUT2D eigenvalue weighted by atomic mass is 9.60. The number of aliphatic hydroxyl groups is 1. The summed E-state index contributed by atoms with van der Waals surface area (Å²) in [6.07, 6.45) is 15.7. The van der Waals surface area contributed by atoms with Crippen molar-refractivity contribution < 1.29 is 19.6 Å². The third-order valence-corrected chi connectivity index (χ3v) is 12.8. The Balaban J connectivity index is 0.948. The summed E-state index contributed by atoms with van der Waals surface area (Å²) in [6, 6.07) is 11.3. The van der Waals surface area contributed by atoms with Gasteiger partial charge in [-0.2, -0.15) is 0 Å². The van der Waals surface area contributed by atoms with Crippen molar-refractivity contribution in [3.8, 4) is 11.5 Å². The summed E-state index contributed by atoms with van der Waals surface area (Å²) in [5.74, 6) is 1.52. The number of nitrogens with one attached hydrogen (secondary N) is 3. The van der Waals surface area contributed by atoms with Crippen LogP contribution in [0.3, 0.4) is 0 Å². The lowest BCUT2D eigenvalue weighted by Crippen LogP contribution is -2.54. The van der Waals surface area contributed by atoms with Gasteiger partial charge in [-0.1, -0.05) is 0 Å². The predicted octanol–water partition coefficient (Wildman–Crippen LogP) is 7.29. The van der Waals surface area contributed by atoms with E-state index < -0.39 is 16.4 Å². The van der Waals surface area contributed by atoms with Gasteiger partial charge < -0.3 is 29.9 Å². The molecule has 2 aliphatic carbocycles. The maximum atomic E-state index is 13.7. The van der Waals surface area contributed by atoms with Crippen LogP contribution in [0.2, 0.25) is 0 Å². The fourth-order valence-electron chi connectivity index (χ4n) is 8.67. The summed E-state index contributed by atoms with van der Waals surface area (Å²) in [5, 5.41) is 26.4. The van der Waals surface area contributed by atoms with Crippen molar-refractivity contribution in [1.82, 2.24) is 24.6 Å². The second kappa shape index (κ2) is 14.8. The Morgan fingerprint density at radius 2 is 1.83 bits per heavy atom. The largest absolute Gasteiger partial charge is 0.455 e. The number of amides is 1. The summed E-state index contributed by atoms with van der Waals surface area (Å²) >= 11 is 1.00. The van der Waals surface area contributed by atoms with Crippen LogP contribution in [0.1, 0.15) is 81.5 Å². The second-order valence-corrected chi connectivity index (χ2v) is 16.7. The molecule has 4 aliphatic rings. The Morgan fingerprint density at radius 3 is 2.58 bits per heavy atom. The molecule has 1 amide bonds. The van der Waals surface area contributed by atoms with Crippen molar-refractivity contribution in [3.63, 3.8) is 0 Å². The fraction of sp³-hybridized carbons (Fsp3) is 0.513. The molecule has 2 saturated carbocycles. The van der Waals surface area contributed by atoms with Gasteiger partial charge in [0.15, 0.2) is 0 Å². The number of anilines is 2. The van der Waals surface area contributed by atoms with Gasteiger partial charge in [0.05, 0.1) is 16.7 Å². The van der Waals surface area contributed by atoms with Gasteiger partial charge in [-0.15, -0.1) is 0 Å². The number of aromatic amines is 1. The van der Waals surface area contributed by atoms with Crippen molar-refractivity contribution >= 4 is 46.1 Å². The van der Waals surface area contributed by atoms with Gasteiger partial charge in [0.1, 0.15) is 34.2 Å². The summed E-state index contributed by atoms with van der Waals surface area (Å²) < 4.78 is 9.21.